The average molecular weight is 581 g/mol. The van der Waals surface area contributed by atoms with Crippen LogP contribution in [0.15, 0.2) is 0 Å². The first-order valence-electron chi connectivity index (χ1n) is 16.6. The Labute approximate surface area is 251 Å². The summed E-state index contributed by atoms with van der Waals surface area (Å²) in [5.74, 6) is 0.938. The van der Waals surface area contributed by atoms with Gasteiger partial charge in [0.25, 0.3) is 0 Å². The summed E-state index contributed by atoms with van der Waals surface area (Å²) in [7, 11) is 0. The van der Waals surface area contributed by atoms with E-state index in [0.717, 1.165) is 64.3 Å². The second-order valence-corrected chi connectivity index (χ2v) is 12.7. The summed E-state index contributed by atoms with van der Waals surface area (Å²) < 4.78 is 0. The summed E-state index contributed by atoms with van der Waals surface area (Å²) in [6.45, 7) is 16.2. The average Bonchev–Trinajstić information content (AvgIpc) is 2.90. The van der Waals surface area contributed by atoms with Crippen molar-refractivity contribution in [3.63, 3.8) is 0 Å². The molecule has 0 bridgehead atoms. The van der Waals surface area contributed by atoms with Gasteiger partial charge in [0.15, 0.2) is 5.78 Å². The van der Waals surface area contributed by atoms with Crippen LogP contribution in [0.25, 0.3) is 0 Å². The standard InChI is InChI=1S/C33H64N4O4/c1-8-30(38)28(19-13-15-23-34-27(6)7)37-33(41)29(36-32(40)22-12-10-18-26(4)5)20-14-16-24-35-31(39)21-11-9-17-25(2)3/h25-29,34H,8-24H2,1-7H3,(H,35,39)(H,36,40)(H,37,41). The van der Waals surface area contributed by atoms with Gasteiger partial charge < -0.3 is 21.3 Å². The van der Waals surface area contributed by atoms with E-state index in [1.54, 1.807) is 0 Å². The first-order chi connectivity index (χ1) is 19.5. The van der Waals surface area contributed by atoms with Gasteiger partial charge in [-0.05, 0) is 69.7 Å². The van der Waals surface area contributed by atoms with E-state index in [9.17, 15) is 19.2 Å². The molecule has 0 saturated carbocycles. The summed E-state index contributed by atoms with van der Waals surface area (Å²) >= 11 is 0. The second kappa shape index (κ2) is 24.6. The number of Topliss-reactive ketones (excluding diaryl/α,β-unsaturated/α-hetero) is 1. The predicted octanol–water partition coefficient (Wildman–Crippen LogP) is 5.82. The van der Waals surface area contributed by atoms with Gasteiger partial charge in [-0.2, -0.15) is 0 Å². The fourth-order valence-corrected chi connectivity index (χ4v) is 4.70. The molecule has 4 N–H and O–H groups in total. The lowest BCUT2D eigenvalue weighted by Crippen LogP contribution is -2.51. The van der Waals surface area contributed by atoms with E-state index in [4.69, 9.17) is 0 Å². The molecule has 0 aliphatic heterocycles. The zero-order valence-corrected chi connectivity index (χ0v) is 27.5. The Balaban J connectivity index is 4.90. The molecule has 0 spiro atoms. The smallest absolute Gasteiger partial charge is 0.243 e. The molecule has 8 heteroatoms. The Morgan fingerprint density at radius 1 is 0.561 bits per heavy atom. The van der Waals surface area contributed by atoms with Crippen molar-refractivity contribution in [2.75, 3.05) is 13.1 Å². The maximum absolute atomic E-state index is 13.3. The highest BCUT2D eigenvalue weighted by Gasteiger charge is 2.25. The molecule has 0 heterocycles. The van der Waals surface area contributed by atoms with Crippen molar-refractivity contribution in [1.82, 2.24) is 21.3 Å². The van der Waals surface area contributed by atoms with Crippen molar-refractivity contribution in [1.29, 1.82) is 0 Å². The Hall–Kier alpha value is -1.96. The number of unbranched alkanes of at least 4 members (excludes halogenated alkanes) is 4. The van der Waals surface area contributed by atoms with Crippen LogP contribution in [0.4, 0.5) is 0 Å². The molecule has 240 valence electrons. The quantitative estimate of drug-likeness (QED) is 0.0962. The largest absolute Gasteiger partial charge is 0.356 e. The van der Waals surface area contributed by atoms with Gasteiger partial charge in [-0.3, -0.25) is 19.2 Å². The third-order valence-electron chi connectivity index (χ3n) is 7.29. The van der Waals surface area contributed by atoms with Crippen LogP contribution in [0.2, 0.25) is 0 Å². The SMILES string of the molecule is CCC(=O)C(CCCCNC(C)C)NC(=O)C(CCCCNC(=O)CCCCC(C)C)NC(=O)CCCCC(C)C. The number of hydrogen-bond acceptors (Lipinski definition) is 5. The predicted molar refractivity (Wildman–Crippen MR) is 170 cm³/mol. The molecule has 2 unspecified atom stereocenters. The fraction of sp³-hybridized carbons (Fsp3) is 0.879. The molecule has 0 aromatic heterocycles. The van der Waals surface area contributed by atoms with Gasteiger partial charge >= 0.3 is 0 Å². The first kappa shape index (κ1) is 39.0. The van der Waals surface area contributed by atoms with Gasteiger partial charge in [0, 0.05) is 31.8 Å². The minimum Gasteiger partial charge on any atom is -0.356 e. The molecule has 0 aliphatic rings. The number of nitrogens with one attached hydrogen (secondary N) is 4. The molecule has 0 aromatic rings. The third kappa shape index (κ3) is 23.3. The lowest BCUT2D eigenvalue weighted by molar-refractivity contribution is -0.131. The molecular formula is C33H64N4O4. The maximum atomic E-state index is 13.3. The second-order valence-electron chi connectivity index (χ2n) is 12.7. The van der Waals surface area contributed by atoms with Crippen LogP contribution in [-0.4, -0.2) is 54.7 Å². The Morgan fingerprint density at radius 2 is 1.07 bits per heavy atom. The molecule has 8 nitrogen and oxygen atoms in total. The molecule has 2 atom stereocenters. The highest BCUT2D eigenvalue weighted by molar-refractivity contribution is 5.92. The van der Waals surface area contributed by atoms with Crippen LogP contribution in [0, 0.1) is 11.8 Å². The highest BCUT2D eigenvalue weighted by Crippen LogP contribution is 2.11. The van der Waals surface area contributed by atoms with Crippen molar-refractivity contribution in [2.45, 2.75) is 163 Å². The summed E-state index contributed by atoms with van der Waals surface area (Å²) in [6.07, 6.45) is 11.5. The number of carbonyl (C=O) groups excluding carboxylic acids is 4. The topological polar surface area (TPSA) is 116 Å². The Kier molecular flexibility index (Phi) is 23.4. The highest BCUT2D eigenvalue weighted by atomic mass is 16.2. The van der Waals surface area contributed by atoms with Gasteiger partial charge in [-0.1, -0.05) is 74.1 Å². The van der Waals surface area contributed by atoms with E-state index in [0.29, 0.717) is 62.9 Å². The molecule has 0 radical (unpaired) electrons. The van der Waals surface area contributed by atoms with Gasteiger partial charge in [-0.15, -0.1) is 0 Å². The maximum Gasteiger partial charge on any atom is 0.243 e. The van der Waals surface area contributed by atoms with Crippen molar-refractivity contribution in [3.8, 4) is 0 Å². The third-order valence-corrected chi connectivity index (χ3v) is 7.29. The van der Waals surface area contributed by atoms with E-state index in [1.807, 2.05) is 6.92 Å². The minimum absolute atomic E-state index is 0.0186. The van der Waals surface area contributed by atoms with Gasteiger partial charge in [0.1, 0.15) is 6.04 Å². The van der Waals surface area contributed by atoms with Crippen LogP contribution in [-0.2, 0) is 19.2 Å². The van der Waals surface area contributed by atoms with Crippen LogP contribution < -0.4 is 21.3 Å². The number of rotatable bonds is 26. The lowest BCUT2D eigenvalue weighted by Gasteiger charge is -2.23. The summed E-state index contributed by atoms with van der Waals surface area (Å²) in [6, 6.07) is -0.804. The summed E-state index contributed by atoms with van der Waals surface area (Å²) in [4.78, 5) is 50.8. The number of hydrogen-bond donors (Lipinski definition) is 4. The molecule has 0 aliphatic carbocycles. The van der Waals surface area contributed by atoms with Crippen LogP contribution in [0.1, 0.15) is 145 Å². The first-order valence-corrected chi connectivity index (χ1v) is 16.6. The van der Waals surface area contributed by atoms with E-state index in [1.165, 1.54) is 0 Å². The molecule has 0 fully saturated rings. The number of amides is 3. The molecule has 0 aromatic carbocycles. The molecule has 0 saturated heterocycles. The molecule has 0 rings (SSSR count). The van der Waals surface area contributed by atoms with Crippen LogP contribution in [0.5, 0.6) is 0 Å². The molecular weight excluding hydrogens is 516 g/mol. The minimum atomic E-state index is -0.686. The molecule has 41 heavy (non-hydrogen) atoms. The van der Waals surface area contributed by atoms with E-state index >= 15 is 0 Å². The van der Waals surface area contributed by atoms with E-state index < -0.39 is 12.1 Å². The normalized spacial score (nSPS) is 12.9. The Morgan fingerprint density at radius 3 is 1.61 bits per heavy atom. The summed E-state index contributed by atoms with van der Waals surface area (Å²) in [5, 5.41) is 12.3. The fourth-order valence-electron chi connectivity index (χ4n) is 4.70. The van der Waals surface area contributed by atoms with Crippen LogP contribution in [0.3, 0.4) is 0 Å². The van der Waals surface area contributed by atoms with E-state index in [2.05, 4.69) is 62.8 Å². The van der Waals surface area contributed by atoms with Gasteiger partial charge in [-0.25, -0.2) is 0 Å². The van der Waals surface area contributed by atoms with Crippen molar-refractivity contribution in [2.24, 2.45) is 11.8 Å². The van der Waals surface area contributed by atoms with E-state index in [-0.39, 0.29) is 23.5 Å². The summed E-state index contributed by atoms with van der Waals surface area (Å²) in [5.41, 5.74) is 0. The van der Waals surface area contributed by atoms with Crippen molar-refractivity contribution < 1.29 is 19.2 Å². The van der Waals surface area contributed by atoms with Gasteiger partial charge in [0.05, 0.1) is 6.04 Å². The number of carbonyl (C=O) groups is 4. The van der Waals surface area contributed by atoms with Crippen LogP contribution >= 0.6 is 0 Å². The van der Waals surface area contributed by atoms with Crippen molar-refractivity contribution in [3.05, 3.63) is 0 Å². The Bertz CT molecular complexity index is 724. The molecule has 3 amide bonds. The lowest BCUT2D eigenvalue weighted by atomic mass is 10.0. The monoisotopic (exact) mass is 580 g/mol. The van der Waals surface area contributed by atoms with Gasteiger partial charge in [0.2, 0.25) is 17.7 Å². The zero-order valence-electron chi connectivity index (χ0n) is 27.5. The zero-order chi connectivity index (χ0) is 31.0. The number of ketones is 1. The van der Waals surface area contributed by atoms with Crippen molar-refractivity contribution >= 4 is 23.5 Å².